The van der Waals surface area contributed by atoms with E-state index in [1.807, 2.05) is 35.6 Å². The first-order valence-corrected chi connectivity index (χ1v) is 10.6. The molecule has 0 unspecified atom stereocenters. The molecule has 0 saturated heterocycles. The van der Waals surface area contributed by atoms with Gasteiger partial charge < -0.3 is 18.2 Å². The van der Waals surface area contributed by atoms with E-state index in [1.165, 1.54) is 23.5 Å². The summed E-state index contributed by atoms with van der Waals surface area (Å²) in [5.74, 6) is 0. The Morgan fingerprint density at radius 1 is 1.12 bits per heavy atom. The van der Waals surface area contributed by atoms with Gasteiger partial charge in [-0.2, -0.15) is 0 Å². The Bertz CT molecular complexity index is 734. The molecule has 0 aliphatic rings. The zero-order valence-corrected chi connectivity index (χ0v) is 16.6. The SMILES string of the molecule is CCOP(=O)(OCC)/C(=C/Sc1nccn1C)Sc1nccn1C. The second-order valence-electron chi connectivity index (χ2n) is 4.65. The summed E-state index contributed by atoms with van der Waals surface area (Å²) < 4.78 is 28.4. The highest BCUT2D eigenvalue weighted by molar-refractivity contribution is 8.11. The van der Waals surface area contributed by atoms with Gasteiger partial charge >= 0.3 is 7.60 Å². The number of aryl methyl sites for hydroxylation is 2. The van der Waals surface area contributed by atoms with Crippen LogP contribution in [0.15, 0.2) is 45.2 Å². The molecule has 0 aliphatic heterocycles. The van der Waals surface area contributed by atoms with E-state index in [1.54, 1.807) is 31.6 Å². The largest absolute Gasteiger partial charge is 0.368 e. The molecule has 0 bridgehead atoms. The number of rotatable bonds is 9. The van der Waals surface area contributed by atoms with Crippen LogP contribution in [0.3, 0.4) is 0 Å². The predicted octanol–water partition coefficient (Wildman–Crippen LogP) is 4.10. The van der Waals surface area contributed by atoms with Crippen LogP contribution in [0, 0.1) is 0 Å². The second-order valence-corrected chi connectivity index (χ2v) is 8.79. The summed E-state index contributed by atoms with van der Waals surface area (Å²) in [7, 11) is 0.371. The monoisotopic (exact) mass is 388 g/mol. The Kier molecular flexibility index (Phi) is 7.18. The molecule has 0 N–H and O–H groups in total. The van der Waals surface area contributed by atoms with Crippen molar-refractivity contribution in [3.8, 4) is 0 Å². The fourth-order valence-corrected chi connectivity index (χ4v) is 5.85. The van der Waals surface area contributed by atoms with Crippen molar-refractivity contribution in [1.29, 1.82) is 0 Å². The van der Waals surface area contributed by atoms with Gasteiger partial charge in [0.1, 0.15) is 4.65 Å². The van der Waals surface area contributed by atoms with E-state index in [4.69, 9.17) is 9.05 Å². The molecule has 132 valence electrons. The number of imidazole rings is 2. The lowest BCUT2D eigenvalue weighted by atomic mass is 10.9. The molecule has 0 fully saturated rings. The van der Waals surface area contributed by atoms with Gasteiger partial charge in [-0.15, -0.1) is 0 Å². The van der Waals surface area contributed by atoms with Gasteiger partial charge in [0.25, 0.3) is 0 Å². The van der Waals surface area contributed by atoms with Crippen LogP contribution in [-0.4, -0.2) is 32.3 Å². The molecular formula is C14H21N4O3PS2. The molecule has 2 heterocycles. The van der Waals surface area contributed by atoms with E-state index in [-0.39, 0.29) is 0 Å². The first-order chi connectivity index (χ1) is 11.5. The van der Waals surface area contributed by atoms with Crippen LogP contribution in [0.1, 0.15) is 13.8 Å². The van der Waals surface area contributed by atoms with Crippen LogP contribution in [0.25, 0.3) is 0 Å². The maximum atomic E-state index is 13.2. The van der Waals surface area contributed by atoms with Crippen molar-refractivity contribution in [3.05, 3.63) is 34.8 Å². The third kappa shape index (κ3) is 4.77. The number of nitrogens with zero attached hydrogens (tertiary/aromatic N) is 4. The predicted molar refractivity (Wildman–Crippen MR) is 97.1 cm³/mol. The maximum absolute atomic E-state index is 13.2. The fraction of sp³-hybridized carbons (Fsp3) is 0.429. The van der Waals surface area contributed by atoms with Gasteiger partial charge in [0.15, 0.2) is 10.3 Å². The molecule has 0 saturated carbocycles. The van der Waals surface area contributed by atoms with Crippen LogP contribution in [0.4, 0.5) is 0 Å². The molecule has 0 spiro atoms. The Morgan fingerprint density at radius 2 is 1.67 bits per heavy atom. The average Bonchev–Trinajstić information content (AvgIpc) is 3.12. The van der Waals surface area contributed by atoms with Crippen molar-refractivity contribution in [2.24, 2.45) is 14.1 Å². The van der Waals surface area contributed by atoms with Crippen LogP contribution in [0.5, 0.6) is 0 Å². The molecule has 0 aromatic carbocycles. The highest BCUT2D eigenvalue weighted by Gasteiger charge is 2.31. The van der Waals surface area contributed by atoms with E-state index < -0.39 is 7.60 Å². The molecule has 0 radical (unpaired) electrons. The highest BCUT2D eigenvalue weighted by Crippen LogP contribution is 2.62. The lowest BCUT2D eigenvalue weighted by Gasteiger charge is -2.19. The highest BCUT2D eigenvalue weighted by atomic mass is 32.2. The van der Waals surface area contributed by atoms with Crippen molar-refractivity contribution in [1.82, 2.24) is 19.1 Å². The van der Waals surface area contributed by atoms with Crippen molar-refractivity contribution >= 4 is 31.1 Å². The van der Waals surface area contributed by atoms with Gasteiger partial charge in [-0.1, -0.05) is 11.8 Å². The third-order valence-electron chi connectivity index (χ3n) is 2.88. The quantitative estimate of drug-likeness (QED) is 0.473. The lowest BCUT2D eigenvalue weighted by Crippen LogP contribution is -1.99. The lowest BCUT2D eigenvalue weighted by molar-refractivity contribution is 0.228. The van der Waals surface area contributed by atoms with Crippen LogP contribution in [0.2, 0.25) is 0 Å². The molecule has 2 aromatic rings. The Hall–Kier alpha value is -0.990. The minimum atomic E-state index is -3.41. The summed E-state index contributed by atoms with van der Waals surface area (Å²) in [6, 6.07) is 0. The number of hydrogen-bond donors (Lipinski definition) is 0. The second kappa shape index (κ2) is 8.92. The topological polar surface area (TPSA) is 71.2 Å². The molecule has 24 heavy (non-hydrogen) atoms. The summed E-state index contributed by atoms with van der Waals surface area (Å²) in [6.07, 6.45) is 7.09. The molecule has 0 aliphatic carbocycles. The third-order valence-corrected chi connectivity index (χ3v) is 7.88. The summed E-state index contributed by atoms with van der Waals surface area (Å²) in [6.45, 7) is 4.17. The molecule has 10 heteroatoms. The minimum absolute atomic E-state index is 0.294. The fourth-order valence-electron chi connectivity index (χ4n) is 1.76. The van der Waals surface area contributed by atoms with Crippen molar-refractivity contribution in [3.63, 3.8) is 0 Å². The molecule has 2 rings (SSSR count). The first-order valence-electron chi connectivity index (χ1n) is 7.39. The van der Waals surface area contributed by atoms with Gasteiger partial charge in [0, 0.05) is 44.3 Å². The van der Waals surface area contributed by atoms with Crippen molar-refractivity contribution < 1.29 is 13.6 Å². The number of thioether (sulfide) groups is 2. The Morgan fingerprint density at radius 3 is 2.12 bits per heavy atom. The van der Waals surface area contributed by atoms with E-state index in [9.17, 15) is 4.57 Å². The minimum Gasteiger partial charge on any atom is -0.329 e. The normalized spacial score (nSPS) is 12.8. The van der Waals surface area contributed by atoms with Gasteiger partial charge in [-0.3, -0.25) is 4.57 Å². The molecule has 0 amide bonds. The van der Waals surface area contributed by atoms with E-state index in [0.717, 1.165) is 5.16 Å². The van der Waals surface area contributed by atoms with E-state index in [2.05, 4.69) is 9.97 Å². The standard InChI is InChI=1S/C14H21N4O3PS2/c1-5-20-22(19,21-6-2)12(24-14-16-8-10-18(14)4)11-23-13-15-7-9-17(13)3/h7-11H,5-6H2,1-4H3/b12-11-. The molecule has 2 aromatic heterocycles. The number of aromatic nitrogens is 4. The van der Waals surface area contributed by atoms with Gasteiger partial charge in [-0.25, -0.2) is 9.97 Å². The van der Waals surface area contributed by atoms with Crippen molar-refractivity contribution in [2.45, 2.75) is 24.2 Å². The van der Waals surface area contributed by atoms with Crippen LogP contribution < -0.4 is 0 Å². The summed E-state index contributed by atoms with van der Waals surface area (Å²) in [5.41, 5.74) is 0. The van der Waals surface area contributed by atoms with E-state index in [0.29, 0.717) is 23.0 Å². The summed E-state index contributed by atoms with van der Waals surface area (Å²) >= 11 is 2.65. The van der Waals surface area contributed by atoms with Crippen molar-refractivity contribution in [2.75, 3.05) is 13.2 Å². The first kappa shape index (κ1) is 19.3. The zero-order valence-electron chi connectivity index (χ0n) is 14.1. The smallest absolute Gasteiger partial charge is 0.329 e. The molecular weight excluding hydrogens is 367 g/mol. The summed E-state index contributed by atoms with van der Waals surface area (Å²) in [5, 5.41) is 3.27. The van der Waals surface area contributed by atoms with Gasteiger partial charge in [0.2, 0.25) is 0 Å². The van der Waals surface area contributed by atoms with E-state index >= 15 is 0 Å². The Labute approximate surface area is 150 Å². The van der Waals surface area contributed by atoms with Gasteiger partial charge in [0.05, 0.1) is 13.2 Å². The number of hydrogen-bond acceptors (Lipinski definition) is 7. The maximum Gasteiger partial charge on any atom is 0.368 e. The van der Waals surface area contributed by atoms with Crippen LogP contribution >= 0.6 is 31.1 Å². The molecule has 7 nitrogen and oxygen atoms in total. The molecule has 0 atom stereocenters. The average molecular weight is 388 g/mol. The summed E-state index contributed by atoms with van der Waals surface area (Å²) in [4.78, 5) is 8.53. The van der Waals surface area contributed by atoms with Crippen LogP contribution in [-0.2, 0) is 27.7 Å². The zero-order chi connectivity index (χ0) is 17.6. The Balaban J connectivity index is 2.34. The van der Waals surface area contributed by atoms with Gasteiger partial charge in [-0.05, 0) is 25.6 Å².